The minimum absolute atomic E-state index is 0.663. The zero-order chi connectivity index (χ0) is 13.9. The first-order valence-electron chi connectivity index (χ1n) is 7.96. The van der Waals surface area contributed by atoms with Gasteiger partial charge in [0.05, 0.1) is 6.61 Å². The van der Waals surface area contributed by atoms with Crippen molar-refractivity contribution in [3.05, 3.63) is 29.8 Å². The number of hydrogen-bond acceptors (Lipinski definition) is 3. The van der Waals surface area contributed by atoms with E-state index in [1.807, 2.05) is 6.92 Å². The van der Waals surface area contributed by atoms with Gasteiger partial charge < -0.3 is 4.74 Å². The minimum Gasteiger partial charge on any atom is -0.494 e. The number of piperazine rings is 1. The van der Waals surface area contributed by atoms with E-state index in [1.54, 1.807) is 0 Å². The molecule has 0 aromatic heterocycles. The van der Waals surface area contributed by atoms with Crippen molar-refractivity contribution in [2.75, 3.05) is 26.2 Å². The molecule has 0 amide bonds. The number of hydrogen-bond donors (Lipinski definition) is 0. The monoisotopic (exact) mass is 274 g/mol. The van der Waals surface area contributed by atoms with Crippen LogP contribution in [0.5, 0.6) is 5.75 Å². The molecule has 2 atom stereocenters. The fourth-order valence-corrected chi connectivity index (χ4v) is 3.56. The summed E-state index contributed by atoms with van der Waals surface area (Å²) < 4.78 is 5.51. The van der Waals surface area contributed by atoms with Gasteiger partial charge in [-0.15, -0.1) is 0 Å². The van der Waals surface area contributed by atoms with Crippen molar-refractivity contribution in [1.29, 1.82) is 0 Å². The smallest absolute Gasteiger partial charge is 0.119 e. The molecular formula is C17H26N2O. The van der Waals surface area contributed by atoms with Gasteiger partial charge in [0, 0.05) is 31.7 Å². The molecule has 0 radical (unpaired) electrons. The number of fused-ring (bicyclic) bond motifs is 1. The molecule has 0 unspecified atom stereocenters. The average Bonchev–Trinajstić information content (AvgIpc) is 2.89. The van der Waals surface area contributed by atoms with Crippen LogP contribution in [0.2, 0.25) is 0 Å². The van der Waals surface area contributed by atoms with Crippen molar-refractivity contribution in [3.63, 3.8) is 0 Å². The SMILES string of the molecule is CCOc1ccc(CN2C[C@@H]3CCCN3C[C@H]2C)cc1. The Kier molecular flexibility index (Phi) is 4.27. The van der Waals surface area contributed by atoms with Crippen molar-refractivity contribution in [2.24, 2.45) is 0 Å². The third kappa shape index (κ3) is 2.99. The highest BCUT2D eigenvalue weighted by Crippen LogP contribution is 2.26. The van der Waals surface area contributed by atoms with Crippen LogP contribution in [0.3, 0.4) is 0 Å². The molecule has 0 bridgehead atoms. The summed E-state index contributed by atoms with van der Waals surface area (Å²) in [5, 5.41) is 0. The summed E-state index contributed by atoms with van der Waals surface area (Å²) in [5.41, 5.74) is 1.40. The molecule has 3 nitrogen and oxygen atoms in total. The van der Waals surface area contributed by atoms with Crippen LogP contribution < -0.4 is 4.74 Å². The Hall–Kier alpha value is -1.06. The summed E-state index contributed by atoms with van der Waals surface area (Å²) in [6.45, 7) is 9.97. The first-order chi connectivity index (χ1) is 9.76. The minimum atomic E-state index is 0.663. The fourth-order valence-electron chi connectivity index (χ4n) is 3.56. The van der Waals surface area contributed by atoms with Crippen molar-refractivity contribution in [2.45, 2.75) is 45.3 Å². The van der Waals surface area contributed by atoms with Crippen LogP contribution in [0.1, 0.15) is 32.3 Å². The predicted molar refractivity (Wildman–Crippen MR) is 82.1 cm³/mol. The highest BCUT2D eigenvalue weighted by Gasteiger charge is 2.34. The number of benzene rings is 1. The second kappa shape index (κ2) is 6.15. The molecule has 2 aliphatic rings. The Morgan fingerprint density at radius 2 is 2.00 bits per heavy atom. The quantitative estimate of drug-likeness (QED) is 0.839. The van der Waals surface area contributed by atoms with Crippen molar-refractivity contribution in [3.8, 4) is 5.75 Å². The molecule has 3 heteroatoms. The van der Waals surface area contributed by atoms with Gasteiger partial charge in [-0.3, -0.25) is 9.80 Å². The van der Waals surface area contributed by atoms with Crippen molar-refractivity contribution in [1.82, 2.24) is 9.80 Å². The van der Waals surface area contributed by atoms with Crippen molar-refractivity contribution >= 4 is 0 Å². The van der Waals surface area contributed by atoms with Gasteiger partial charge >= 0.3 is 0 Å². The van der Waals surface area contributed by atoms with Crippen LogP contribution in [0.15, 0.2) is 24.3 Å². The summed E-state index contributed by atoms with van der Waals surface area (Å²) in [6, 6.07) is 10.1. The van der Waals surface area contributed by atoms with E-state index in [2.05, 4.69) is 41.0 Å². The molecule has 0 saturated carbocycles. The Balaban J connectivity index is 1.61. The van der Waals surface area contributed by atoms with Gasteiger partial charge in [0.2, 0.25) is 0 Å². The van der Waals surface area contributed by atoms with Gasteiger partial charge in [-0.2, -0.15) is 0 Å². The summed E-state index contributed by atoms with van der Waals surface area (Å²) in [4.78, 5) is 5.32. The lowest BCUT2D eigenvalue weighted by atomic mass is 10.1. The molecule has 2 heterocycles. The lowest BCUT2D eigenvalue weighted by molar-refractivity contribution is 0.0540. The van der Waals surface area contributed by atoms with E-state index in [0.717, 1.165) is 24.9 Å². The summed E-state index contributed by atoms with van der Waals surface area (Å²) in [7, 11) is 0. The number of ether oxygens (including phenoxy) is 1. The Labute approximate surface area is 122 Å². The largest absolute Gasteiger partial charge is 0.494 e. The molecule has 0 N–H and O–H groups in total. The fraction of sp³-hybridized carbons (Fsp3) is 0.647. The average molecular weight is 274 g/mol. The van der Waals surface area contributed by atoms with Gasteiger partial charge in [0.15, 0.2) is 0 Å². The van der Waals surface area contributed by atoms with Crippen LogP contribution in [0, 0.1) is 0 Å². The Morgan fingerprint density at radius 1 is 1.20 bits per heavy atom. The predicted octanol–water partition coefficient (Wildman–Crippen LogP) is 2.75. The Morgan fingerprint density at radius 3 is 2.75 bits per heavy atom. The highest BCUT2D eigenvalue weighted by atomic mass is 16.5. The van der Waals surface area contributed by atoms with Gasteiger partial charge in [0.1, 0.15) is 5.75 Å². The first kappa shape index (κ1) is 13.9. The molecule has 3 rings (SSSR count). The van der Waals surface area contributed by atoms with Crippen LogP contribution in [0.4, 0.5) is 0 Å². The Bertz CT molecular complexity index is 431. The van der Waals surface area contributed by atoms with E-state index >= 15 is 0 Å². The van der Waals surface area contributed by atoms with E-state index in [-0.39, 0.29) is 0 Å². The van der Waals surface area contributed by atoms with Crippen molar-refractivity contribution < 1.29 is 4.74 Å². The van der Waals surface area contributed by atoms with E-state index in [0.29, 0.717) is 6.04 Å². The molecular weight excluding hydrogens is 248 g/mol. The van der Waals surface area contributed by atoms with E-state index in [1.165, 1.54) is 38.0 Å². The summed E-state index contributed by atoms with van der Waals surface area (Å²) >= 11 is 0. The summed E-state index contributed by atoms with van der Waals surface area (Å²) in [6.07, 6.45) is 2.76. The van der Waals surface area contributed by atoms with E-state index in [4.69, 9.17) is 4.74 Å². The number of nitrogens with zero attached hydrogens (tertiary/aromatic N) is 2. The standard InChI is InChI=1S/C17H26N2O/c1-3-20-17-8-6-15(7-9-17)12-19-13-16-5-4-10-18(16)11-14(19)2/h6-9,14,16H,3-5,10-13H2,1-2H3/t14-,16+/m1/s1. The molecule has 20 heavy (non-hydrogen) atoms. The van der Waals surface area contributed by atoms with E-state index in [9.17, 15) is 0 Å². The maximum atomic E-state index is 5.51. The first-order valence-corrected chi connectivity index (χ1v) is 7.96. The molecule has 2 fully saturated rings. The summed E-state index contributed by atoms with van der Waals surface area (Å²) in [5.74, 6) is 0.977. The van der Waals surface area contributed by atoms with Crippen LogP contribution in [-0.2, 0) is 6.54 Å². The lowest BCUT2D eigenvalue weighted by Gasteiger charge is -2.42. The topological polar surface area (TPSA) is 15.7 Å². The normalized spacial score (nSPS) is 27.5. The molecule has 2 saturated heterocycles. The maximum absolute atomic E-state index is 5.51. The number of rotatable bonds is 4. The van der Waals surface area contributed by atoms with Gasteiger partial charge in [-0.05, 0) is 50.9 Å². The lowest BCUT2D eigenvalue weighted by Crippen LogP contribution is -2.54. The molecule has 1 aromatic carbocycles. The molecule has 0 spiro atoms. The zero-order valence-corrected chi connectivity index (χ0v) is 12.7. The van der Waals surface area contributed by atoms with Crippen LogP contribution in [-0.4, -0.2) is 48.1 Å². The van der Waals surface area contributed by atoms with Gasteiger partial charge in [-0.25, -0.2) is 0 Å². The zero-order valence-electron chi connectivity index (χ0n) is 12.7. The van der Waals surface area contributed by atoms with Crippen LogP contribution in [0.25, 0.3) is 0 Å². The van der Waals surface area contributed by atoms with Gasteiger partial charge in [-0.1, -0.05) is 12.1 Å². The maximum Gasteiger partial charge on any atom is 0.119 e. The van der Waals surface area contributed by atoms with E-state index < -0.39 is 0 Å². The second-order valence-corrected chi connectivity index (χ2v) is 6.15. The third-order valence-electron chi connectivity index (χ3n) is 4.69. The molecule has 0 aliphatic carbocycles. The van der Waals surface area contributed by atoms with Gasteiger partial charge in [0.25, 0.3) is 0 Å². The molecule has 110 valence electrons. The second-order valence-electron chi connectivity index (χ2n) is 6.15. The molecule has 2 aliphatic heterocycles. The molecule has 1 aromatic rings. The highest BCUT2D eigenvalue weighted by molar-refractivity contribution is 5.27. The third-order valence-corrected chi connectivity index (χ3v) is 4.69. The van der Waals surface area contributed by atoms with Crippen LogP contribution >= 0.6 is 0 Å².